The Balaban J connectivity index is 2.08. The van der Waals surface area contributed by atoms with Crippen molar-refractivity contribution >= 4 is 24.0 Å². The monoisotopic (exact) mass is 555 g/mol. The van der Waals surface area contributed by atoms with Gasteiger partial charge >= 0.3 is 24.0 Å². The maximum Gasteiger partial charge on any atom is 0.408 e. The third-order valence-corrected chi connectivity index (χ3v) is 5.38. The number of hydrogen-bond donors (Lipinski definition) is 1. The van der Waals surface area contributed by atoms with E-state index in [1.165, 1.54) is 0 Å². The Morgan fingerprint density at radius 2 is 1.10 bits per heavy atom. The normalized spacial score (nSPS) is 12.3. The van der Waals surface area contributed by atoms with Crippen molar-refractivity contribution in [2.24, 2.45) is 5.92 Å². The van der Waals surface area contributed by atoms with Crippen LogP contribution in [0.2, 0.25) is 0 Å². The SMILES string of the molecule is CC(C)(C)OC(=O)C(CCC[C@H](NC(=O)OCc1ccccc1)C(=O)OCc1ccccc1)C(=O)OC(C)(C)C. The molecule has 2 aromatic rings. The highest BCUT2D eigenvalue weighted by atomic mass is 16.6. The van der Waals surface area contributed by atoms with Crippen molar-refractivity contribution < 1.29 is 38.1 Å². The molecule has 1 amide bonds. The van der Waals surface area contributed by atoms with Crippen LogP contribution in [0.25, 0.3) is 0 Å². The fourth-order valence-corrected chi connectivity index (χ4v) is 3.59. The lowest BCUT2D eigenvalue weighted by Crippen LogP contribution is -2.42. The second-order valence-corrected chi connectivity index (χ2v) is 11.4. The number of nitrogens with one attached hydrogen (secondary N) is 1. The van der Waals surface area contributed by atoms with Gasteiger partial charge in [-0.3, -0.25) is 9.59 Å². The second kappa shape index (κ2) is 15.1. The molecule has 9 nitrogen and oxygen atoms in total. The molecule has 0 saturated carbocycles. The van der Waals surface area contributed by atoms with Gasteiger partial charge in [-0.05, 0) is 71.9 Å². The summed E-state index contributed by atoms with van der Waals surface area (Å²) in [5.74, 6) is -3.27. The van der Waals surface area contributed by atoms with Crippen LogP contribution in [-0.4, -0.2) is 41.2 Å². The van der Waals surface area contributed by atoms with Crippen molar-refractivity contribution in [1.82, 2.24) is 5.32 Å². The summed E-state index contributed by atoms with van der Waals surface area (Å²) in [7, 11) is 0. The number of rotatable bonds is 12. The van der Waals surface area contributed by atoms with E-state index in [-0.39, 0.29) is 32.5 Å². The molecule has 0 aliphatic rings. The van der Waals surface area contributed by atoms with Crippen molar-refractivity contribution in [3.05, 3.63) is 71.8 Å². The van der Waals surface area contributed by atoms with E-state index in [0.29, 0.717) is 0 Å². The van der Waals surface area contributed by atoms with Gasteiger partial charge in [0.2, 0.25) is 0 Å². The molecule has 0 spiro atoms. The maximum absolute atomic E-state index is 13.0. The topological polar surface area (TPSA) is 117 Å². The van der Waals surface area contributed by atoms with Crippen molar-refractivity contribution in [1.29, 1.82) is 0 Å². The van der Waals surface area contributed by atoms with Crippen LogP contribution in [0.1, 0.15) is 71.9 Å². The third-order valence-electron chi connectivity index (χ3n) is 5.38. The van der Waals surface area contributed by atoms with E-state index in [4.69, 9.17) is 18.9 Å². The van der Waals surface area contributed by atoms with Crippen LogP contribution >= 0.6 is 0 Å². The lowest BCUT2D eigenvalue weighted by Gasteiger charge is -2.26. The average molecular weight is 556 g/mol. The van der Waals surface area contributed by atoms with Crippen LogP contribution < -0.4 is 5.32 Å². The number of carbonyl (C=O) groups is 4. The summed E-state index contributed by atoms with van der Waals surface area (Å²) in [5.41, 5.74) is -0.0225. The van der Waals surface area contributed by atoms with Gasteiger partial charge in [-0.2, -0.15) is 0 Å². The molecule has 9 heteroatoms. The number of carbonyl (C=O) groups excluding carboxylic acids is 4. The molecule has 0 unspecified atom stereocenters. The summed E-state index contributed by atoms with van der Waals surface area (Å²) < 4.78 is 21.6. The number of hydrogen-bond acceptors (Lipinski definition) is 8. The molecular weight excluding hydrogens is 514 g/mol. The molecule has 0 heterocycles. The van der Waals surface area contributed by atoms with Gasteiger partial charge in [0.05, 0.1) is 0 Å². The zero-order valence-corrected chi connectivity index (χ0v) is 24.2. The van der Waals surface area contributed by atoms with Gasteiger partial charge in [-0.15, -0.1) is 0 Å². The highest BCUT2D eigenvalue weighted by Gasteiger charge is 2.35. The summed E-state index contributed by atoms with van der Waals surface area (Å²) in [4.78, 5) is 51.2. The number of benzene rings is 2. The zero-order chi connectivity index (χ0) is 29.8. The summed E-state index contributed by atoms with van der Waals surface area (Å²) in [5, 5.41) is 2.56. The fourth-order valence-electron chi connectivity index (χ4n) is 3.59. The smallest absolute Gasteiger partial charge is 0.408 e. The summed E-state index contributed by atoms with van der Waals surface area (Å²) in [6.07, 6.45) is -0.433. The van der Waals surface area contributed by atoms with Crippen molar-refractivity contribution in [2.75, 3.05) is 0 Å². The molecule has 0 aliphatic heterocycles. The Morgan fingerprint density at radius 1 is 0.650 bits per heavy atom. The van der Waals surface area contributed by atoms with Crippen LogP contribution in [0.4, 0.5) is 4.79 Å². The second-order valence-electron chi connectivity index (χ2n) is 11.4. The molecule has 2 rings (SSSR count). The number of esters is 3. The highest BCUT2D eigenvalue weighted by Crippen LogP contribution is 2.21. The highest BCUT2D eigenvalue weighted by molar-refractivity contribution is 5.95. The molecule has 0 aromatic heterocycles. The first-order chi connectivity index (χ1) is 18.7. The molecule has 2 aromatic carbocycles. The molecule has 0 aliphatic carbocycles. The van der Waals surface area contributed by atoms with E-state index in [2.05, 4.69) is 5.32 Å². The van der Waals surface area contributed by atoms with Crippen molar-refractivity contribution in [2.45, 2.75) is 91.3 Å². The summed E-state index contributed by atoms with van der Waals surface area (Å²) in [6, 6.07) is 17.2. The Labute approximate surface area is 236 Å². The zero-order valence-electron chi connectivity index (χ0n) is 24.2. The van der Waals surface area contributed by atoms with E-state index in [1.54, 1.807) is 41.5 Å². The molecule has 0 saturated heterocycles. The standard InChI is InChI=1S/C31H41NO8/c1-30(2,3)39-26(33)24(27(34)40-31(4,5)6)18-13-19-25(28(35)37-20-22-14-9-7-10-15-22)32-29(36)38-21-23-16-11-8-12-17-23/h7-12,14-17,24-25H,13,18-21H2,1-6H3,(H,32,36)/t25-/m0/s1. The Kier molecular flexibility index (Phi) is 12.2. The molecule has 1 atom stereocenters. The first-order valence-corrected chi connectivity index (χ1v) is 13.4. The van der Waals surface area contributed by atoms with Gasteiger partial charge in [0.1, 0.15) is 30.5 Å². The molecular formula is C31H41NO8. The minimum atomic E-state index is -1.19. The van der Waals surface area contributed by atoms with Crippen LogP contribution in [0.3, 0.4) is 0 Å². The van der Waals surface area contributed by atoms with Crippen LogP contribution in [-0.2, 0) is 46.5 Å². The molecule has 1 N–H and O–H groups in total. The first kappa shape index (κ1) is 32.3. The van der Waals surface area contributed by atoms with Gasteiger partial charge in [0.25, 0.3) is 0 Å². The largest absolute Gasteiger partial charge is 0.459 e. The van der Waals surface area contributed by atoms with Crippen LogP contribution in [0.15, 0.2) is 60.7 Å². The van der Waals surface area contributed by atoms with Crippen molar-refractivity contribution in [3.63, 3.8) is 0 Å². The predicted molar refractivity (Wildman–Crippen MR) is 149 cm³/mol. The van der Waals surface area contributed by atoms with Gasteiger partial charge in [-0.1, -0.05) is 60.7 Å². The third kappa shape index (κ3) is 12.8. The van der Waals surface area contributed by atoms with Crippen LogP contribution in [0.5, 0.6) is 0 Å². The van der Waals surface area contributed by atoms with Crippen LogP contribution in [0, 0.1) is 5.92 Å². The number of amides is 1. The lowest BCUT2D eigenvalue weighted by molar-refractivity contribution is -0.174. The number of alkyl carbamates (subject to hydrolysis) is 1. The summed E-state index contributed by atoms with van der Waals surface area (Å²) >= 11 is 0. The maximum atomic E-state index is 13.0. The molecule has 0 bridgehead atoms. The number of ether oxygens (including phenoxy) is 4. The lowest BCUT2D eigenvalue weighted by atomic mass is 9.99. The Bertz CT molecular complexity index is 1080. The Morgan fingerprint density at radius 3 is 1.55 bits per heavy atom. The van der Waals surface area contributed by atoms with Gasteiger partial charge < -0.3 is 24.3 Å². The van der Waals surface area contributed by atoms with E-state index < -0.39 is 47.2 Å². The van der Waals surface area contributed by atoms with E-state index in [1.807, 2.05) is 60.7 Å². The van der Waals surface area contributed by atoms with E-state index >= 15 is 0 Å². The van der Waals surface area contributed by atoms with Gasteiger partial charge in [-0.25, -0.2) is 9.59 Å². The average Bonchev–Trinajstić information content (AvgIpc) is 2.86. The fraction of sp³-hybridized carbons (Fsp3) is 0.484. The molecule has 0 fully saturated rings. The summed E-state index contributed by atoms with van der Waals surface area (Å²) in [6.45, 7) is 10.3. The predicted octanol–water partition coefficient (Wildman–Crippen LogP) is 5.49. The minimum Gasteiger partial charge on any atom is -0.459 e. The molecule has 0 radical (unpaired) electrons. The first-order valence-electron chi connectivity index (χ1n) is 13.4. The van der Waals surface area contributed by atoms with Gasteiger partial charge in [0.15, 0.2) is 5.92 Å². The van der Waals surface area contributed by atoms with E-state index in [9.17, 15) is 19.2 Å². The molecule has 40 heavy (non-hydrogen) atoms. The Hall–Kier alpha value is -3.88. The van der Waals surface area contributed by atoms with E-state index in [0.717, 1.165) is 11.1 Å². The minimum absolute atomic E-state index is 0.0232. The quantitative estimate of drug-likeness (QED) is 0.207. The van der Waals surface area contributed by atoms with Crippen molar-refractivity contribution in [3.8, 4) is 0 Å². The molecule has 218 valence electrons. The van der Waals surface area contributed by atoms with Gasteiger partial charge in [0, 0.05) is 0 Å².